The zero-order valence-electron chi connectivity index (χ0n) is 19.7. The van der Waals surface area contributed by atoms with Crippen molar-refractivity contribution in [3.63, 3.8) is 0 Å². The largest absolute Gasteiger partial charge is 0.378 e. The predicted molar refractivity (Wildman–Crippen MR) is 124 cm³/mol. The molecule has 168 valence electrons. The molecule has 2 N–H and O–H groups in total. The molecule has 5 nitrogen and oxygen atoms in total. The Labute approximate surface area is 179 Å². The highest BCUT2D eigenvalue weighted by Crippen LogP contribution is 2.27. The molecule has 0 rings (SSSR count). The second kappa shape index (κ2) is 15.5. The average Bonchev–Trinajstić information content (AvgIpc) is 2.66. The molecule has 1 amide bonds. The van der Waals surface area contributed by atoms with Crippen LogP contribution >= 0.6 is 11.8 Å². The molecule has 0 aliphatic rings. The van der Waals surface area contributed by atoms with Gasteiger partial charge in [0.2, 0.25) is 5.91 Å². The number of rotatable bonds is 16. The molecule has 28 heavy (non-hydrogen) atoms. The lowest BCUT2D eigenvalue weighted by molar-refractivity contribution is -0.130. The van der Waals surface area contributed by atoms with E-state index in [1.54, 1.807) is 0 Å². The Balaban J connectivity index is 4.72. The van der Waals surface area contributed by atoms with E-state index in [1.165, 1.54) is 0 Å². The molecular weight excluding hydrogens is 370 g/mol. The summed E-state index contributed by atoms with van der Waals surface area (Å²) in [5, 5.41) is 14.2. The third-order valence-electron chi connectivity index (χ3n) is 6.11. The maximum Gasteiger partial charge on any atom is 0.222 e. The molecule has 0 bridgehead atoms. The third kappa shape index (κ3) is 10.5. The highest BCUT2D eigenvalue weighted by Gasteiger charge is 2.31. The number of amides is 1. The smallest absolute Gasteiger partial charge is 0.222 e. The SMILES string of the molecule is CNCCCCCC(=O)N(C)CCC(C(O)N(C)C(C)C(C)C)[C@H](C)CSC. The number of carbonyl (C=O) groups is 1. The topological polar surface area (TPSA) is 55.8 Å². The van der Waals surface area contributed by atoms with Gasteiger partial charge < -0.3 is 15.3 Å². The van der Waals surface area contributed by atoms with Crippen LogP contribution in [0.25, 0.3) is 0 Å². The lowest BCUT2D eigenvalue weighted by Gasteiger charge is -2.39. The van der Waals surface area contributed by atoms with Crippen molar-refractivity contribution in [1.82, 2.24) is 15.1 Å². The monoisotopic (exact) mass is 417 g/mol. The van der Waals surface area contributed by atoms with Gasteiger partial charge in [0.15, 0.2) is 0 Å². The van der Waals surface area contributed by atoms with Gasteiger partial charge in [-0.05, 0) is 70.7 Å². The summed E-state index contributed by atoms with van der Waals surface area (Å²) in [7, 11) is 5.88. The lowest BCUT2D eigenvalue weighted by atomic mass is 9.88. The highest BCUT2D eigenvalue weighted by molar-refractivity contribution is 7.98. The molecule has 0 heterocycles. The number of aliphatic hydroxyl groups is 1. The fourth-order valence-corrected chi connectivity index (χ4v) is 4.31. The quantitative estimate of drug-likeness (QED) is 0.297. The molecule has 0 radical (unpaired) electrons. The molecule has 0 saturated carbocycles. The molecule has 0 aliphatic carbocycles. The van der Waals surface area contributed by atoms with Crippen LogP contribution in [0.5, 0.6) is 0 Å². The molecule has 0 saturated heterocycles. The van der Waals surface area contributed by atoms with Crippen molar-refractivity contribution in [3.05, 3.63) is 0 Å². The van der Waals surface area contributed by atoms with Gasteiger partial charge in [0.05, 0.1) is 0 Å². The van der Waals surface area contributed by atoms with Gasteiger partial charge in [0.25, 0.3) is 0 Å². The number of carbonyl (C=O) groups excluding carboxylic acids is 1. The van der Waals surface area contributed by atoms with E-state index in [0.717, 1.165) is 38.0 Å². The number of aliphatic hydroxyl groups excluding tert-OH is 1. The van der Waals surface area contributed by atoms with Crippen molar-refractivity contribution in [2.45, 2.75) is 72.1 Å². The average molecular weight is 418 g/mol. The normalized spacial score (nSPS) is 16.2. The molecule has 0 spiro atoms. The van der Waals surface area contributed by atoms with E-state index in [2.05, 4.69) is 44.2 Å². The van der Waals surface area contributed by atoms with Gasteiger partial charge in [-0.25, -0.2) is 0 Å². The number of hydrogen-bond donors (Lipinski definition) is 2. The third-order valence-corrected chi connectivity index (χ3v) is 6.97. The van der Waals surface area contributed by atoms with E-state index in [1.807, 2.05) is 37.8 Å². The maximum atomic E-state index is 12.4. The summed E-state index contributed by atoms with van der Waals surface area (Å²) in [6, 6.07) is 0.316. The van der Waals surface area contributed by atoms with E-state index in [-0.39, 0.29) is 11.8 Å². The van der Waals surface area contributed by atoms with Gasteiger partial charge in [-0.3, -0.25) is 9.69 Å². The molecule has 0 aromatic heterocycles. The molecular formula is C22H47N3O2S. The fraction of sp³-hybridized carbons (Fsp3) is 0.955. The summed E-state index contributed by atoms with van der Waals surface area (Å²) in [6.45, 7) is 10.5. The molecule has 4 atom stereocenters. The summed E-state index contributed by atoms with van der Waals surface area (Å²) < 4.78 is 0. The van der Waals surface area contributed by atoms with E-state index in [0.29, 0.717) is 30.8 Å². The van der Waals surface area contributed by atoms with Crippen molar-refractivity contribution >= 4 is 17.7 Å². The number of unbranched alkanes of at least 4 members (excludes halogenated alkanes) is 2. The zero-order chi connectivity index (χ0) is 21.7. The fourth-order valence-electron chi connectivity index (χ4n) is 3.54. The van der Waals surface area contributed by atoms with Crippen LogP contribution in [-0.2, 0) is 4.79 Å². The van der Waals surface area contributed by atoms with Gasteiger partial charge in [-0.15, -0.1) is 0 Å². The second-order valence-corrected chi connectivity index (χ2v) is 9.59. The van der Waals surface area contributed by atoms with Crippen molar-refractivity contribution in [2.75, 3.05) is 46.2 Å². The van der Waals surface area contributed by atoms with Gasteiger partial charge in [-0.1, -0.05) is 27.2 Å². The van der Waals surface area contributed by atoms with E-state index >= 15 is 0 Å². The first-order valence-corrected chi connectivity index (χ1v) is 12.3. The first-order chi connectivity index (χ1) is 13.2. The molecule has 0 fully saturated rings. The second-order valence-electron chi connectivity index (χ2n) is 8.68. The van der Waals surface area contributed by atoms with Crippen molar-refractivity contribution in [2.24, 2.45) is 17.8 Å². The lowest BCUT2D eigenvalue weighted by Crippen LogP contribution is -2.48. The summed E-state index contributed by atoms with van der Waals surface area (Å²) in [5.41, 5.74) is 0. The van der Waals surface area contributed by atoms with Crippen LogP contribution in [0.4, 0.5) is 0 Å². The van der Waals surface area contributed by atoms with Crippen LogP contribution in [0.15, 0.2) is 0 Å². The van der Waals surface area contributed by atoms with E-state index in [9.17, 15) is 9.90 Å². The van der Waals surface area contributed by atoms with Crippen LogP contribution in [0.1, 0.15) is 59.8 Å². The Morgan fingerprint density at radius 3 is 2.29 bits per heavy atom. The Morgan fingerprint density at radius 1 is 1.11 bits per heavy atom. The predicted octanol–water partition coefficient (Wildman–Crippen LogP) is 3.52. The maximum absolute atomic E-state index is 12.4. The molecule has 0 aromatic rings. The van der Waals surface area contributed by atoms with E-state index < -0.39 is 6.23 Å². The van der Waals surface area contributed by atoms with Crippen LogP contribution in [0.2, 0.25) is 0 Å². The number of hydrogen-bond acceptors (Lipinski definition) is 5. The summed E-state index contributed by atoms with van der Waals surface area (Å²) in [6.07, 6.45) is 6.25. The number of nitrogens with zero attached hydrogens (tertiary/aromatic N) is 2. The molecule has 0 aliphatic heterocycles. The van der Waals surface area contributed by atoms with E-state index in [4.69, 9.17) is 0 Å². The first-order valence-electron chi connectivity index (χ1n) is 10.9. The van der Waals surface area contributed by atoms with Gasteiger partial charge in [0.1, 0.15) is 6.23 Å². The van der Waals surface area contributed by atoms with Crippen LogP contribution < -0.4 is 5.32 Å². The minimum absolute atomic E-state index is 0.157. The Morgan fingerprint density at radius 2 is 1.75 bits per heavy atom. The highest BCUT2D eigenvalue weighted by atomic mass is 32.2. The minimum Gasteiger partial charge on any atom is -0.378 e. The Hall–Kier alpha value is -0.300. The van der Waals surface area contributed by atoms with Crippen molar-refractivity contribution in [1.29, 1.82) is 0 Å². The summed E-state index contributed by atoms with van der Waals surface area (Å²) >= 11 is 1.82. The molecule has 0 aromatic carbocycles. The van der Waals surface area contributed by atoms with Gasteiger partial charge in [-0.2, -0.15) is 11.8 Å². The number of thioether (sulfide) groups is 1. The Bertz CT molecular complexity index is 409. The Kier molecular flexibility index (Phi) is 15.4. The molecule has 3 unspecified atom stereocenters. The van der Waals surface area contributed by atoms with Crippen molar-refractivity contribution < 1.29 is 9.90 Å². The zero-order valence-corrected chi connectivity index (χ0v) is 20.5. The first kappa shape index (κ1) is 27.7. The van der Waals surface area contributed by atoms with Crippen LogP contribution in [0, 0.1) is 17.8 Å². The number of nitrogens with one attached hydrogen (secondary N) is 1. The van der Waals surface area contributed by atoms with Gasteiger partial charge in [0, 0.05) is 32.0 Å². The standard InChI is InChI=1S/C22H47N3O2S/c1-17(2)19(4)25(7)22(27)20(18(3)16-28-8)13-15-24(6)21(26)12-10-9-11-14-23-5/h17-20,22-23,27H,9-16H2,1-8H3/t18-,19?,20?,22?/m1/s1. The van der Waals surface area contributed by atoms with Gasteiger partial charge >= 0.3 is 0 Å². The summed E-state index contributed by atoms with van der Waals surface area (Å²) in [5.74, 6) is 2.29. The minimum atomic E-state index is -0.482. The van der Waals surface area contributed by atoms with Crippen molar-refractivity contribution in [3.8, 4) is 0 Å². The van der Waals surface area contributed by atoms with Crippen LogP contribution in [0.3, 0.4) is 0 Å². The molecule has 6 heteroatoms. The van der Waals surface area contributed by atoms with Crippen LogP contribution in [-0.4, -0.2) is 79.3 Å². The summed E-state index contributed by atoms with van der Waals surface area (Å²) in [4.78, 5) is 16.4.